The van der Waals surface area contributed by atoms with Gasteiger partial charge in [-0.2, -0.15) is 0 Å². The van der Waals surface area contributed by atoms with Crippen molar-refractivity contribution in [2.45, 2.75) is 25.2 Å². The Hall–Kier alpha value is -1.38. The first kappa shape index (κ1) is 12.4. The van der Waals surface area contributed by atoms with E-state index < -0.39 is 0 Å². The number of benzene rings is 1. The van der Waals surface area contributed by atoms with Crippen molar-refractivity contribution >= 4 is 0 Å². The lowest BCUT2D eigenvalue weighted by Gasteiger charge is -2.38. The minimum Gasteiger partial charge on any atom is -0.389 e. The largest absolute Gasteiger partial charge is 0.389 e. The molecule has 20 heavy (non-hydrogen) atoms. The second-order valence-electron chi connectivity index (χ2n) is 6.24. The highest BCUT2D eigenvalue weighted by Gasteiger charge is 2.51. The molecule has 2 heteroatoms. The molecule has 4 rings (SSSR count). The number of aliphatic hydroxyl groups excluding tert-OH is 1. The molecule has 0 aromatic heterocycles. The van der Waals surface area contributed by atoms with Crippen LogP contribution in [0.4, 0.5) is 0 Å². The lowest BCUT2D eigenvalue weighted by molar-refractivity contribution is -0.0254. The van der Waals surface area contributed by atoms with E-state index in [1.54, 1.807) is 0 Å². The molecule has 0 spiro atoms. The molecular weight excluding hydrogens is 248 g/mol. The third-order valence-electron chi connectivity index (χ3n) is 5.14. The summed E-state index contributed by atoms with van der Waals surface area (Å²) < 4.78 is 6.15. The highest BCUT2D eigenvalue weighted by Crippen LogP contribution is 2.53. The van der Waals surface area contributed by atoms with E-state index in [0.29, 0.717) is 30.3 Å². The van der Waals surface area contributed by atoms with Crippen molar-refractivity contribution in [1.82, 2.24) is 0 Å². The van der Waals surface area contributed by atoms with Gasteiger partial charge in [0.15, 0.2) is 0 Å². The molecule has 3 aliphatic rings. The summed E-state index contributed by atoms with van der Waals surface area (Å²) in [5.41, 5.74) is 1.21. The maximum absolute atomic E-state index is 10.2. The second-order valence-corrected chi connectivity index (χ2v) is 6.24. The monoisotopic (exact) mass is 268 g/mol. The van der Waals surface area contributed by atoms with Crippen molar-refractivity contribution in [3.63, 3.8) is 0 Å². The summed E-state index contributed by atoms with van der Waals surface area (Å²) in [5, 5.41) is 10.2. The molecular formula is C18H20O2. The lowest BCUT2D eigenvalue weighted by atomic mass is 9.73. The number of ether oxygens (including phenoxy) is 1. The zero-order valence-electron chi connectivity index (χ0n) is 11.4. The third kappa shape index (κ3) is 1.95. The Bertz CT molecular complexity index is 534. The van der Waals surface area contributed by atoms with Crippen molar-refractivity contribution in [3.05, 3.63) is 60.2 Å². The van der Waals surface area contributed by atoms with E-state index in [2.05, 4.69) is 30.4 Å². The fourth-order valence-electron chi connectivity index (χ4n) is 4.26. The number of allylic oxidation sites excluding steroid dienone is 2. The van der Waals surface area contributed by atoms with E-state index in [1.807, 2.05) is 24.3 Å². The Kier molecular flexibility index (Phi) is 3.01. The van der Waals surface area contributed by atoms with Gasteiger partial charge in [-0.1, -0.05) is 54.6 Å². The summed E-state index contributed by atoms with van der Waals surface area (Å²) in [6.45, 7) is 0.649. The SMILES string of the molecule is O[C@H]1C=C[C@@H](OCc2ccccc2)[C@@H]2[C@H]1[C@@H]1C=C[C@H]2C1. The maximum atomic E-state index is 10.2. The van der Waals surface area contributed by atoms with Gasteiger partial charge in [-0.3, -0.25) is 0 Å². The van der Waals surface area contributed by atoms with Crippen LogP contribution in [0.25, 0.3) is 0 Å². The zero-order valence-corrected chi connectivity index (χ0v) is 11.4. The number of fused-ring (bicyclic) bond motifs is 5. The molecule has 1 saturated carbocycles. The standard InChI is InChI=1S/C18H20O2/c19-15-8-9-16(20-11-12-4-2-1-3-5-12)18-14-7-6-13(10-14)17(15)18/h1-9,13-19H,10-11H2/t13-,14+,15+,16-,17+,18-/m1/s1. The van der Waals surface area contributed by atoms with Crippen LogP contribution in [-0.2, 0) is 11.3 Å². The Labute approximate surface area is 119 Å². The Morgan fingerprint density at radius 3 is 2.50 bits per heavy atom. The quantitative estimate of drug-likeness (QED) is 0.854. The van der Waals surface area contributed by atoms with Gasteiger partial charge in [0.05, 0.1) is 18.8 Å². The average Bonchev–Trinajstić information content (AvgIpc) is 3.10. The average molecular weight is 268 g/mol. The van der Waals surface area contributed by atoms with Gasteiger partial charge >= 0.3 is 0 Å². The normalized spacial score (nSPS) is 41.0. The van der Waals surface area contributed by atoms with E-state index in [9.17, 15) is 5.11 Å². The van der Waals surface area contributed by atoms with Crippen LogP contribution in [0.5, 0.6) is 0 Å². The first-order valence-electron chi connectivity index (χ1n) is 7.53. The predicted molar refractivity (Wildman–Crippen MR) is 77.9 cm³/mol. The zero-order chi connectivity index (χ0) is 13.5. The Morgan fingerprint density at radius 2 is 1.70 bits per heavy atom. The molecule has 1 aromatic carbocycles. The van der Waals surface area contributed by atoms with Gasteiger partial charge in [0.2, 0.25) is 0 Å². The first-order valence-corrected chi connectivity index (χ1v) is 7.53. The molecule has 1 aromatic rings. The van der Waals surface area contributed by atoms with Crippen LogP contribution in [0.3, 0.4) is 0 Å². The van der Waals surface area contributed by atoms with Crippen molar-refractivity contribution < 1.29 is 9.84 Å². The molecule has 3 aliphatic carbocycles. The minimum absolute atomic E-state index is 0.142. The number of hydrogen-bond donors (Lipinski definition) is 1. The first-order chi connectivity index (χ1) is 9.83. The molecule has 0 aliphatic heterocycles. The fraction of sp³-hybridized carbons (Fsp3) is 0.444. The van der Waals surface area contributed by atoms with Crippen molar-refractivity contribution in [2.75, 3.05) is 0 Å². The fourth-order valence-corrected chi connectivity index (χ4v) is 4.26. The molecule has 2 nitrogen and oxygen atoms in total. The van der Waals surface area contributed by atoms with E-state index in [4.69, 9.17) is 4.74 Å². The number of hydrogen-bond acceptors (Lipinski definition) is 2. The second kappa shape index (κ2) is 4.87. The lowest BCUT2D eigenvalue weighted by Crippen LogP contribution is -2.41. The van der Waals surface area contributed by atoms with Crippen LogP contribution in [0, 0.1) is 23.7 Å². The van der Waals surface area contributed by atoms with Gasteiger partial charge in [-0.05, 0) is 23.8 Å². The van der Waals surface area contributed by atoms with Crippen LogP contribution in [0.1, 0.15) is 12.0 Å². The topological polar surface area (TPSA) is 29.5 Å². The molecule has 1 N–H and O–H groups in total. The van der Waals surface area contributed by atoms with Gasteiger partial charge in [0, 0.05) is 11.8 Å². The van der Waals surface area contributed by atoms with Gasteiger partial charge in [0.25, 0.3) is 0 Å². The minimum atomic E-state index is -0.295. The smallest absolute Gasteiger partial charge is 0.0799 e. The predicted octanol–water partition coefficient (Wildman–Crippen LogP) is 2.94. The summed E-state index contributed by atoms with van der Waals surface area (Å²) >= 11 is 0. The summed E-state index contributed by atoms with van der Waals surface area (Å²) in [5.74, 6) is 1.95. The Balaban J connectivity index is 1.51. The molecule has 1 fully saturated rings. The van der Waals surface area contributed by atoms with Gasteiger partial charge in [0.1, 0.15) is 0 Å². The van der Waals surface area contributed by atoms with Crippen LogP contribution in [0.15, 0.2) is 54.6 Å². The summed E-state index contributed by atoms with van der Waals surface area (Å²) in [7, 11) is 0. The summed E-state index contributed by atoms with van der Waals surface area (Å²) in [6, 6.07) is 10.3. The highest BCUT2D eigenvalue weighted by atomic mass is 16.5. The van der Waals surface area contributed by atoms with Crippen LogP contribution in [-0.4, -0.2) is 17.3 Å². The van der Waals surface area contributed by atoms with Crippen molar-refractivity contribution in [2.24, 2.45) is 23.7 Å². The third-order valence-corrected chi connectivity index (χ3v) is 5.14. The molecule has 0 heterocycles. The molecule has 104 valence electrons. The van der Waals surface area contributed by atoms with Crippen LogP contribution >= 0.6 is 0 Å². The van der Waals surface area contributed by atoms with Crippen LogP contribution in [0.2, 0.25) is 0 Å². The maximum Gasteiger partial charge on any atom is 0.0799 e. The van der Waals surface area contributed by atoms with Gasteiger partial charge in [-0.25, -0.2) is 0 Å². The van der Waals surface area contributed by atoms with E-state index in [1.165, 1.54) is 12.0 Å². The summed E-state index contributed by atoms with van der Waals surface area (Å²) in [4.78, 5) is 0. The van der Waals surface area contributed by atoms with Gasteiger partial charge < -0.3 is 9.84 Å². The molecule has 0 saturated heterocycles. The van der Waals surface area contributed by atoms with E-state index in [0.717, 1.165) is 0 Å². The number of aliphatic hydroxyl groups is 1. The highest BCUT2D eigenvalue weighted by molar-refractivity contribution is 5.23. The van der Waals surface area contributed by atoms with E-state index >= 15 is 0 Å². The molecule has 0 amide bonds. The Morgan fingerprint density at radius 1 is 0.950 bits per heavy atom. The van der Waals surface area contributed by atoms with E-state index in [-0.39, 0.29) is 12.2 Å². The van der Waals surface area contributed by atoms with Crippen molar-refractivity contribution in [3.8, 4) is 0 Å². The molecule has 6 atom stereocenters. The molecule has 2 bridgehead atoms. The van der Waals surface area contributed by atoms with Gasteiger partial charge in [-0.15, -0.1) is 0 Å². The van der Waals surface area contributed by atoms with Crippen LogP contribution < -0.4 is 0 Å². The molecule has 0 radical (unpaired) electrons. The van der Waals surface area contributed by atoms with Crippen molar-refractivity contribution in [1.29, 1.82) is 0 Å². The summed E-state index contributed by atoms with van der Waals surface area (Å²) in [6.07, 6.45) is 9.67. The molecule has 0 unspecified atom stereocenters. The number of rotatable bonds is 3.